The molecule has 0 aliphatic heterocycles. The minimum atomic E-state index is 0.582. The Hall–Kier alpha value is -1.63. The molecule has 0 saturated heterocycles. The zero-order valence-electron chi connectivity index (χ0n) is 12.4. The molecule has 102 valence electrons. The van der Waals surface area contributed by atoms with Crippen LogP contribution in [0.25, 0.3) is 0 Å². The van der Waals surface area contributed by atoms with Gasteiger partial charge in [-0.05, 0) is 29.5 Å². The topological polar surface area (TPSA) is 12.4 Å². The predicted octanol–water partition coefficient (Wildman–Crippen LogP) is 4.98. The molecule has 0 radical (unpaired) electrons. The predicted molar refractivity (Wildman–Crippen MR) is 85.8 cm³/mol. The lowest BCUT2D eigenvalue weighted by Gasteiger charge is -2.03. The van der Waals surface area contributed by atoms with Crippen LogP contribution in [0.2, 0.25) is 0 Å². The highest BCUT2D eigenvalue weighted by Gasteiger charge is 1.98. The maximum atomic E-state index is 4.49. The molecule has 0 spiro atoms. The molecule has 0 amide bonds. The third-order valence-electron chi connectivity index (χ3n) is 3.35. The first-order chi connectivity index (χ1) is 9.19. The van der Waals surface area contributed by atoms with Crippen LogP contribution in [0.15, 0.2) is 54.2 Å². The molecule has 0 heterocycles. The van der Waals surface area contributed by atoms with Gasteiger partial charge in [0.15, 0.2) is 0 Å². The van der Waals surface area contributed by atoms with Crippen molar-refractivity contribution in [3.8, 4) is 0 Å². The number of rotatable bonds is 7. The van der Waals surface area contributed by atoms with E-state index in [1.807, 2.05) is 12.3 Å². The van der Waals surface area contributed by atoms with Gasteiger partial charge in [0.05, 0.1) is 0 Å². The van der Waals surface area contributed by atoms with Gasteiger partial charge in [-0.2, -0.15) is 0 Å². The molecule has 1 rings (SSSR count). The molecule has 0 N–H and O–H groups in total. The molecule has 1 unspecified atom stereocenters. The minimum Gasteiger partial charge on any atom is -0.261 e. The van der Waals surface area contributed by atoms with Crippen molar-refractivity contribution in [3.05, 3.63) is 60.3 Å². The van der Waals surface area contributed by atoms with Crippen LogP contribution < -0.4 is 0 Å². The molecular weight excluding hydrogens is 230 g/mol. The number of benzene rings is 1. The van der Waals surface area contributed by atoms with Gasteiger partial charge < -0.3 is 0 Å². The van der Waals surface area contributed by atoms with Gasteiger partial charge in [-0.3, -0.25) is 4.99 Å². The highest BCUT2D eigenvalue weighted by Crippen LogP contribution is 2.07. The Labute approximate surface area is 117 Å². The lowest BCUT2D eigenvalue weighted by Crippen LogP contribution is -1.98. The van der Waals surface area contributed by atoms with Crippen LogP contribution in [0.1, 0.15) is 38.3 Å². The monoisotopic (exact) mass is 255 g/mol. The number of allylic oxidation sites excluding steroid dienone is 2. The van der Waals surface area contributed by atoms with Gasteiger partial charge >= 0.3 is 0 Å². The summed E-state index contributed by atoms with van der Waals surface area (Å²) in [6, 6.07) is 8.72. The summed E-state index contributed by atoms with van der Waals surface area (Å²) in [5, 5.41) is 0. The van der Waals surface area contributed by atoms with Gasteiger partial charge in [-0.1, -0.05) is 64.1 Å². The molecule has 0 bridgehead atoms. The zero-order valence-corrected chi connectivity index (χ0v) is 12.4. The lowest BCUT2D eigenvalue weighted by molar-refractivity contribution is 0.697. The average molecular weight is 255 g/mol. The van der Waals surface area contributed by atoms with E-state index < -0.39 is 0 Å². The standard InChI is InChI=1S/C18H25N/c1-5-15(4)12-13-19-18(7-3)14-17-10-8-16(6-2)9-11-17/h7-13,15H,3,5-6,14H2,1-2,4H3/b13-12-,19-18?. The first-order valence-corrected chi connectivity index (χ1v) is 7.13. The van der Waals surface area contributed by atoms with Gasteiger partial charge in [0, 0.05) is 18.3 Å². The molecule has 0 saturated carbocycles. The minimum absolute atomic E-state index is 0.582. The second-order valence-electron chi connectivity index (χ2n) is 4.90. The third kappa shape index (κ3) is 5.69. The summed E-state index contributed by atoms with van der Waals surface area (Å²) in [5.41, 5.74) is 3.68. The lowest BCUT2D eigenvalue weighted by atomic mass is 10.1. The molecular formula is C18H25N. The van der Waals surface area contributed by atoms with Crippen molar-refractivity contribution in [1.29, 1.82) is 0 Å². The summed E-state index contributed by atoms with van der Waals surface area (Å²) >= 11 is 0. The number of aryl methyl sites for hydroxylation is 1. The van der Waals surface area contributed by atoms with Gasteiger partial charge in [0.2, 0.25) is 0 Å². The first-order valence-electron chi connectivity index (χ1n) is 7.13. The van der Waals surface area contributed by atoms with Crippen molar-refractivity contribution < 1.29 is 0 Å². The molecule has 0 aliphatic carbocycles. The van der Waals surface area contributed by atoms with Crippen molar-refractivity contribution in [2.45, 2.75) is 40.0 Å². The smallest absolute Gasteiger partial charge is 0.0441 e. The normalized spacial score (nSPS) is 13.7. The molecule has 19 heavy (non-hydrogen) atoms. The average Bonchev–Trinajstić information content (AvgIpc) is 2.46. The highest BCUT2D eigenvalue weighted by molar-refractivity contribution is 5.96. The summed E-state index contributed by atoms with van der Waals surface area (Å²) in [6.07, 6.45) is 8.97. The van der Waals surface area contributed by atoms with Crippen molar-refractivity contribution in [1.82, 2.24) is 0 Å². The van der Waals surface area contributed by atoms with E-state index in [0.29, 0.717) is 5.92 Å². The Morgan fingerprint density at radius 1 is 1.21 bits per heavy atom. The van der Waals surface area contributed by atoms with E-state index >= 15 is 0 Å². The van der Waals surface area contributed by atoms with Gasteiger partial charge in [0.25, 0.3) is 0 Å². The molecule has 1 aromatic rings. The van der Waals surface area contributed by atoms with E-state index in [9.17, 15) is 0 Å². The Morgan fingerprint density at radius 2 is 1.84 bits per heavy atom. The van der Waals surface area contributed by atoms with E-state index in [1.165, 1.54) is 11.1 Å². The summed E-state index contributed by atoms with van der Waals surface area (Å²) in [7, 11) is 0. The van der Waals surface area contributed by atoms with Crippen molar-refractivity contribution in [2.24, 2.45) is 10.9 Å². The maximum absolute atomic E-state index is 4.49. The highest BCUT2D eigenvalue weighted by atomic mass is 14.7. The molecule has 0 aliphatic rings. The van der Waals surface area contributed by atoms with E-state index in [1.54, 1.807) is 0 Å². The van der Waals surface area contributed by atoms with E-state index in [-0.39, 0.29) is 0 Å². The number of hydrogen-bond donors (Lipinski definition) is 0. The van der Waals surface area contributed by atoms with Crippen LogP contribution in [-0.2, 0) is 12.8 Å². The Kier molecular flexibility index (Phi) is 6.88. The van der Waals surface area contributed by atoms with Crippen LogP contribution in [0.4, 0.5) is 0 Å². The van der Waals surface area contributed by atoms with Crippen LogP contribution in [0, 0.1) is 5.92 Å². The van der Waals surface area contributed by atoms with Crippen molar-refractivity contribution in [2.75, 3.05) is 0 Å². The molecule has 0 fully saturated rings. The summed E-state index contributed by atoms with van der Waals surface area (Å²) in [4.78, 5) is 4.49. The van der Waals surface area contributed by atoms with E-state index in [2.05, 4.69) is 62.7 Å². The number of aliphatic imine (C=N–C) groups is 1. The van der Waals surface area contributed by atoms with Gasteiger partial charge in [0.1, 0.15) is 0 Å². The quantitative estimate of drug-likeness (QED) is 0.609. The van der Waals surface area contributed by atoms with E-state index in [0.717, 1.165) is 25.0 Å². The summed E-state index contributed by atoms with van der Waals surface area (Å²) in [5.74, 6) is 0.582. The molecule has 1 atom stereocenters. The largest absolute Gasteiger partial charge is 0.261 e. The van der Waals surface area contributed by atoms with Crippen LogP contribution >= 0.6 is 0 Å². The fourth-order valence-electron chi connectivity index (χ4n) is 1.69. The molecule has 1 nitrogen and oxygen atoms in total. The van der Waals surface area contributed by atoms with Crippen LogP contribution in [-0.4, -0.2) is 5.71 Å². The SMILES string of the molecule is C=CC(Cc1ccc(CC)cc1)=N/C=C\C(C)CC. The van der Waals surface area contributed by atoms with Crippen molar-refractivity contribution >= 4 is 5.71 Å². The molecule has 1 aromatic carbocycles. The van der Waals surface area contributed by atoms with Gasteiger partial charge in [-0.15, -0.1) is 0 Å². The third-order valence-corrected chi connectivity index (χ3v) is 3.35. The second kappa shape index (κ2) is 8.47. The van der Waals surface area contributed by atoms with Crippen molar-refractivity contribution in [3.63, 3.8) is 0 Å². The zero-order chi connectivity index (χ0) is 14.1. The fraction of sp³-hybridized carbons (Fsp3) is 0.389. The molecule has 1 heteroatoms. The maximum Gasteiger partial charge on any atom is 0.0441 e. The number of nitrogens with zero attached hydrogens (tertiary/aromatic N) is 1. The number of hydrogen-bond acceptors (Lipinski definition) is 1. The Bertz CT molecular complexity index is 437. The summed E-state index contributed by atoms with van der Waals surface area (Å²) in [6.45, 7) is 10.4. The van der Waals surface area contributed by atoms with E-state index in [4.69, 9.17) is 0 Å². The Balaban J connectivity index is 2.67. The van der Waals surface area contributed by atoms with Crippen LogP contribution in [0.3, 0.4) is 0 Å². The second-order valence-corrected chi connectivity index (χ2v) is 4.90. The first kappa shape index (κ1) is 15.4. The fourth-order valence-corrected chi connectivity index (χ4v) is 1.69. The Morgan fingerprint density at radius 3 is 2.37 bits per heavy atom. The molecule has 0 aromatic heterocycles. The van der Waals surface area contributed by atoms with Gasteiger partial charge in [-0.25, -0.2) is 0 Å². The van der Waals surface area contributed by atoms with Crippen LogP contribution in [0.5, 0.6) is 0 Å². The summed E-state index contributed by atoms with van der Waals surface area (Å²) < 4.78 is 0.